The second kappa shape index (κ2) is 12.7. The second-order valence-electron chi connectivity index (χ2n) is 7.13. The molecule has 0 saturated carbocycles. The Bertz CT molecular complexity index is 829. The number of hydrogen-bond acceptors (Lipinski definition) is 4. The van der Waals surface area contributed by atoms with Gasteiger partial charge >= 0.3 is 0 Å². The molecule has 1 aliphatic heterocycles. The summed E-state index contributed by atoms with van der Waals surface area (Å²) in [6.45, 7) is 7.68. The van der Waals surface area contributed by atoms with E-state index < -0.39 is 0 Å². The van der Waals surface area contributed by atoms with E-state index in [2.05, 4.69) is 26.7 Å². The maximum atomic E-state index is 13.8. The smallest absolute Gasteiger partial charge is 0.191 e. The average molecular weight is 528 g/mol. The number of benzene rings is 1. The van der Waals surface area contributed by atoms with E-state index in [4.69, 9.17) is 9.47 Å². The van der Waals surface area contributed by atoms with Gasteiger partial charge in [-0.05, 0) is 44.0 Å². The van der Waals surface area contributed by atoms with Crippen LogP contribution in [0.4, 0.5) is 4.39 Å². The van der Waals surface area contributed by atoms with E-state index in [0.29, 0.717) is 37.3 Å². The number of rotatable bonds is 8. The van der Waals surface area contributed by atoms with Crippen LogP contribution in [0.1, 0.15) is 30.2 Å². The quantitative estimate of drug-likeness (QED) is 0.310. The predicted molar refractivity (Wildman–Crippen MR) is 127 cm³/mol. The van der Waals surface area contributed by atoms with Gasteiger partial charge in [0.25, 0.3) is 0 Å². The molecule has 6 nitrogen and oxygen atoms in total. The van der Waals surface area contributed by atoms with Crippen LogP contribution in [0.2, 0.25) is 0 Å². The maximum Gasteiger partial charge on any atom is 0.191 e. The fourth-order valence-corrected chi connectivity index (χ4v) is 3.07. The summed E-state index contributed by atoms with van der Waals surface area (Å²) >= 11 is 0. The van der Waals surface area contributed by atoms with Crippen molar-refractivity contribution >= 4 is 29.9 Å². The molecule has 2 heterocycles. The SMILES string of the molecule is CCNC(=NCc1ccc(C)cc1OCC1CCOC1)NCc1ncccc1F.I. The summed E-state index contributed by atoms with van der Waals surface area (Å²) in [4.78, 5) is 8.70. The molecule has 8 heteroatoms. The van der Waals surface area contributed by atoms with E-state index in [1.165, 1.54) is 6.07 Å². The van der Waals surface area contributed by atoms with Crippen molar-refractivity contribution in [2.75, 3.05) is 26.4 Å². The Hall–Kier alpha value is -1.94. The molecule has 30 heavy (non-hydrogen) atoms. The molecule has 1 saturated heterocycles. The van der Waals surface area contributed by atoms with Crippen LogP contribution < -0.4 is 15.4 Å². The number of guanidine groups is 1. The zero-order chi connectivity index (χ0) is 20.5. The monoisotopic (exact) mass is 528 g/mol. The minimum Gasteiger partial charge on any atom is -0.493 e. The number of aliphatic imine (C=N–C) groups is 1. The Kier molecular flexibility index (Phi) is 10.3. The van der Waals surface area contributed by atoms with Gasteiger partial charge in [0.05, 0.1) is 32.0 Å². The van der Waals surface area contributed by atoms with Gasteiger partial charge in [0.1, 0.15) is 11.6 Å². The molecule has 0 aliphatic carbocycles. The van der Waals surface area contributed by atoms with E-state index in [1.807, 2.05) is 26.0 Å². The van der Waals surface area contributed by atoms with Crippen molar-refractivity contribution in [3.05, 3.63) is 59.2 Å². The van der Waals surface area contributed by atoms with Crippen molar-refractivity contribution in [3.63, 3.8) is 0 Å². The molecule has 0 radical (unpaired) electrons. The third-order valence-electron chi connectivity index (χ3n) is 4.73. The van der Waals surface area contributed by atoms with Crippen molar-refractivity contribution in [2.24, 2.45) is 10.9 Å². The summed E-state index contributed by atoms with van der Waals surface area (Å²) in [5.74, 6) is 1.57. The van der Waals surface area contributed by atoms with Gasteiger partial charge in [0.15, 0.2) is 5.96 Å². The molecule has 0 spiro atoms. The zero-order valence-electron chi connectivity index (χ0n) is 17.5. The summed E-state index contributed by atoms with van der Waals surface area (Å²) in [6.07, 6.45) is 2.62. The summed E-state index contributed by atoms with van der Waals surface area (Å²) < 4.78 is 25.3. The minimum absolute atomic E-state index is 0. The first-order valence-corrected chi connectivity index (χ1v) is 10.1. The first-order chi connectivity index (χ1) is 14.2. The molecule has 2 N–H and O–H groups in total. The lowest BCUT2D eigenvalue weighted by Gasteiger charge is -2.15. The predicted octanol–water partition coefficient (Wildman–Crippen LogP) is 3.82. The van der Waals surface area contributed by atoms with Crippen LogP contribution >= 0.6 is 24.0 Å². The Labute approximate surface area is 194 Å². The molecule has 2 aromatic rings. The molecule has 3 rings (SSSR count). The topological polar surface area (TPSA) is 67.8 Å². The molecule has 1 aromatic carbocycles. The highest BCUT2D eigenvalue weighted by atomic mass is 127. The first kappa shape index (κ1) is 24.3. The van der Waals surface area contributed by atoms with Gasteiger partial charge in [0, 0.05) is 30.8 Å². The van der Waals surface area contributed by atoms with Crippen LogP contribution in [0, 0.1) is 18.7 Å². The lowest BCUT2D eigenvalue weighted by atomic mass is 10.1. The lowest BCUT2D eigenvalue weighted by molar-refractivity contribution is 0.166. The highest BCUT2D eigenvalue weighted by Gasteiger charge is 2.17. The second-order valence-corrected chi connectivity index (χ2v) is 7.13. The van der Waals surface area contributed by atoms with Crippen LogP contribution in [-0.4, -0.2) is 37.3 Å². The Morgan fingerprint density at radius 3 is 2.93 bits per heavy atom. The number of aryl methyl sites for hydroxylation is 1. The van der Waals surface area contributed by atoms with Crippen LogP contribution in [0.5, 0.6) is 5.75 Å². The summed E-state index contributed by atoms with van der Waals surface area (Å²) in [6, 6.07) is 9.12. The molecule has 1 atom stereocenters. The van der Waals surface area contributed by atoms with Crippen LogP contribution in [0.25, 0.3) is 0 Å². The molecule has 1 aliphatic rings. The van der Waals surface area contributed by atoms with E-state index >= 15 is 0 Å². The summed E-state index contributed by atoms with van der Waals surface area (Å²) in [5, 5.41) is 6.32. The largest absolute Gasteiger partial charge is 0.493 e. The normalized spacial score (nSPS) is 16.1. The van der Waals surface area contributed by atoms with E-state index in [-0.39, 0.29) is 36.3 Å². The molecule has 1 unspecified atom stereocenters. The number of pyridine rings is 1. The van der Waals surface area contributed by atoms with Gasteiger partial charge < -0.3 is 20.1 Å². The molecule has 164 valence electrons. The summed E-state index contributed by atoms with van der Waals surface area (Å²) in [5.41, 5.74) is 2.51. The number of nitrogens with one attached hydrogen (secondary N) is 2. The van der Waals surface area contributed by atoms with Gasteiger partial charge in [-0.15, -0.1) is 24.0 Å². The Balaban J connectivity index is 0.00000320. The molecular weight excluding hydrogens is 498 g/mol. The van der Waals surface area contributed by atoms with Crippen molar-refractivity contribution in [2.45, 2.75) is 33.4 Å². The van der Waals surface area contributed by atoms with Crippen molar-refractivity contribution < 1.29 is 13.9 Å². The minimum atomic E-state index is -0.332. The third-order valence-corrected chi connectivity index (χ3v) is 4.73. The first-order valence-electron chi connectivity index (χ1n) is 10.1. The Morgan fingerprint density at radius 2 is 2.20 bits per heavy atom. The fraction of sp³-hybridized carbons (Fsp3) is 0.455. The summed E-state index contributed by atoms with van der Waals surface area (Å²) in [7, 11) is 0. The molecular formula is C22H30FIN4O2. The number of hydrogen-bond donors (Lipinski definition) is 2. The van der Waals surface area contributed by atoms with Gasteiger partial charge in [-0.2, -0.15) is 0 Å². The van der Waals surface area contributed by atoms with Crippen molar-refractivity contribution in [3.8, 4) is 5.75 Å². The lowest BCUT2D eigenvalue weighted by Crippen LogP contribution is -2.37. The zero-order valence-corrected chi connectivity index (χ0v) is 19.8. The van der Waals surface area contributed by atoms with Gasteiger partial charge in [-0.25, -0.2) is 9.38 Å². The number of nitrogens with zero attached hydrogens (tertiary/aromatic N) is 2. The standard InChI is InChI=1S/C22H29FN4O2.HI/c1-3-24-22(27-13-20-19(23)5-4-9-25-20)26-12-18-7-6-16(2)11-21(18)29-15-17-8-10-28-14-17;/h4-7,9,11,17H,3,8,10,12-15H2,1-2H3,(H2,24,26,27);1H. The third kappa shape index (κ3) is 7.39. The number of halogens is 2. The molecule has 0 bridgehead atoms. The molecule has 1 fully saturated rings. The van der Waals surface area contributed by atoms with Crippen molar-refractivity contribution in [1.29, 1.82) is 0 Å². The highest BCUT2D eigenvalue weighted by Crippen LogP contribution is 2.23. The Morgan fingerprint density at radius 1 is 1.33 bits per heavy atom. The molecule has 0 amide bonds. The average Bonchev–Trinajstić information content (AvgIpc) is 3.24. The van der Waals surface area contributed by atoms with Crippen LogP contribution in [0.15, 0.2) is 41.5 Å². The van der Waals surface area contributed by atoms with Gasteiger partial charge in [-0.1, -0.05) is 12.1 Å². The van der Waals surface area contributed by atoms with Crippen molar-refractivity contribution in [1.82, 2.24) is 15.6 Å². The van der Waals surface area contributed by atoms with E-state index in [0.717, 1.165) is 36.5 Å². The van der Waals surface area contributed by atoms with Gasteiger partial charge in [0.2, 0.25) is 0 Å². The highest BCUT2D eigenvalue weighted by molar-refractivity contribution is 14.0. The van der Waals surface area contributed by atoms with Crippen LogP contribution in [-0.2, 0) is 17.8 Å². The van der Waals surface area contributed by atoms with Gasteiger partial charge in [-0.3, -0.25) is 4.98 Å². The number of ether oxygens (including phenoxy) is 2. The van der Waals surface area contributed by atoms with E-state index in [9.17, 15) is 4.39 Å². The van der Waals surface area contributed by atoms with Crippen LogP contribution in [0.3, 0.4) is 0 Å². The fourth-order valence-electron chi connectivity index (χ4n) is 3.07. The number of aromatic nitrogens is 1. The van der Waals surface area contributed by atoms with E-state index in [1.54, 1.807) is 12.3 Å². The maximum absolute atomic E-state index is 13.8. The molecule has 1 aromatic heterocycles.